The molecular weight excluding hydrogens is 352 g/mol. The van der Waals surface area contributed by atoms with Crippen molar-refractivity contribution in [2.45, 2.75) is 31.5 Å². The quantitative estimate of drug-likeness (QED) is 0.456. The molecular formula is C16H15BrO5. The van der Waals surface area contributed by atoms with E-state index in [0.717, 1.165) is 17.3 Å². The van der Waals surface area contributed by atoms with Gasteiger partial charge in [0.1, 0.15) is 11.3 Å². The number of halogens is 1. The van der Waals surface area contributed by atoms with E-state index in [2.05, 4.69) is 15.9 Å². The van der Waals surface area contributed by atoms with E-state index in [1.54, 1.807) is 12.1 Å². The summed E-state index contributed by atoms with van der Waals surface area (Å²) in [4.78, 5) is 24.4. The fourth-order valence-electron chi connectivity index (χ4n) is 2.76. The van der Waals surface area contributed by atoms with Crippen molar-refractivity contribution >= 4 is 33.9 Å². The first kappa shape index (κ1) is 15.1. The van der Waals surface area contributed by atoms with Crippen LogP contribution in [-0.4, -0.2) is 24.8 Å². The first-order valence-electron chi connectivity index (χ1n) is 7.05. The molecule has 0 N–H and O–H groups in total. The molecule has 0 atom stereocenters. The number of ether oxygens (including phenoxy) is 3. The van der Waals surface area contributed by atoms with Gasteiger partial charge in [-0.05, 0) is 37.1 Å². The third-order valence-electron chi connectivity index (χ3n) is 3.85. The normalized spacial score (nSPS) is 19.8. The van der Waals surface area contributed by atoms with Crippen molar-refractivity contribution in [1.29, 1.82) is 0 Å². The second-order valence-electron chi connectivity index (χ2n) is 5.34. The van der Waals surface area contributed by atoms with E-state index in [0.29, 0.717) is 24.2 Å². The van der Waals surface area contributed by atoms with E-state index in [-0.39, 0.29) is 5.57 Å². The monoisotopic (exact) mass is 366 g/mol. The fraction of sp³-hybridized carbons (Fsp3) is 0.375. The van der Waals surface area contributed by atoms with Gasteiger partial charge < -0.3 is 14.2 Å². The molecule has 0 radical (unpaired) electrons. The van der Waals surface area contributed by atoms with Crippen LogP contribution < -0.4 is 4.74 Å². The van der Waals surface area contributed by atoms with Crippen molar-refractivity contribution in [3.05, 3.63) is 33.8 Å². The van der Waals surface area contributed by atoms with Crippen LogP contribution in [0.15, 0.2) is 28.2 Å². The van der Waals surface area contributed by atoms with Crippen molar-refractivity contribution in [2.24, 2.45) is 0 Å². The van der Waals surface area contributed by atoms with Gasteiger partial charge in [-0.2, -0.15) is 0 Å². The van der Waals surface area contributed by atoms with Crippen LogP contribution in [0, 0.1) is 0 Å². The summed E-state index contributed by atoms with van der Waals surface area (Å²) < 4.78 is 16.8. The van der Waals surface area contributed by atoms with Crippen molar-refractivity contribution in [3.8, 4) is 5.75 Å². The molecule has 22 heavy (non-hydrogen) atoms. The zero-order valence-corrected chi connectivity index (χ0v) is 13.6. The molecule has 5 nitrogen and oxygen atoms in total. The van der Waals surface area contributed by atoms with Crippen molar-refractivity contribution in [3.63, 3.8) is 0 Å². The smallest absolute Gasteiger partial charge is 0.348 e. The van der Waals surface area contributed by atoms with Crippen molar-refractivity contribution in [2.75, 3.05) is 7.11 Å². The molecule has 1 heterocycles. The summed E-state index contributed by atoms with van der Waals surface area (Å²) in [6, 6.07) is 5.31. The number of esters is 2. The summed E-state index contributed by atoms with van der Waals surface area (Å²) in [5.41, 5.74) is 0.483. The highest BCUT2D eigenvalue weighted by molar-refractivity contribution is 9.10. The maximum Gasteiger partial charge on any atom is 0.348 e. The Morgan fingerprint density at radius 3 is 2.41 bits per heavy atom. The van der Waals surface area contributed by atoms with Crippen LogP contribution >= 0.6 is 15.9 Å². The van der Waals surface area contributed by atoms with E-state index in [1.165, 1.54) is 13.2 Å². The Bertz CT molecular complexity index is 637. The molecule has 1 aromatic rings. The lowest BCUT2D eigenvalue weighted by Crippen LogP contribution is -2.44. The number of carbonyl (C=O) groups excluding carboxylic acids is 2. The molecule has 3 rings (SSSR count). The van der Waals surface area contributed by atoms with Gasteiger partial charge in [0.15, 0.2) is 0 Å². The van der Waals surface area contributed by atoms with Gasteiger partial charge in [0, 0.05) is 22.9 Å². The standard InChI is InChI=1S/C16H15BrO5/c1-20-13-5-4-11(17)8-10(13)9-12-14(18)21-16(22-15(12)19)6-2-3-7-16/h4-5,8-9H,2-3,6-7H2,1H3. The molecule has 2 aliphatic rings. The van der Waals surface area contributed by atoms with Gasteiger partial charge in [-0.15, -0.1) is 0 Å². The predicted octanol–water partition coefficient (Wildman–Crippen LogP) is 3.21. The lowest BCUT2D eigenvalue weighted by molar-refractivity contribution is -0.232. The number of methoxy groups -OCH3 is 1. The zero-order valence-electron chi connectivity index (χ0n) is 12.1. The average molecular weight is 367 g/mol. The van der Waals surface area contributed by atoms with Crippen molar-refractivity contribution in [1.82, 2.24) is 0 Å². The van der Waals surface area contributed by atoms with Crippen LogP contribution in [0.25, 0.3) is 6.08 Å². The first-order valence-corrected chi connectivity index (χ1v) is 7.84. The van der Waals surface area contributed by atoms with E-state index >= 15 is 0 Å². The van der Waals surface area contributed by atoms with Gasteiger partial charge in [-0.1, -0.05) is 15.9 Å². The fourth-order valence-corrected chi connectivity index (χ4v) is 3.14. The lowest BCUT2D eigenvalue weighted by Gasteiger charge is -2.32. The molecule has 1 aromatic carbocycles. The summed E-state index contributed by atoms with van der Waals surface area (Å²) in [5, 5.41) is 0. The third-order valence-corrected chi connectivity index (χ3v) is 4.35. The average Bonchev–Trinajstić information content (AvgIpc) is 2.91. The SMILES string of the molecule is COc1ccc(Br)cc1C=C1C(=O)OC2(CCCC2)OC1=O. The van der Waals surface area contributed by atoms with Gasteiger partial charge in [-0.25, -0.2) is 9.59 Å². The van der Waals surface area contributed by atoms with Crippen LogP contribution in [0.5, 0.6) is 5.75 Å². The highest BCUT2D eigenvalue weighted by atomic mass is 79.9. The van der Waals surface area contributed by atoms with E-state index in [1.807, 2.05) is 6.07 Å². The first-order chi connectivity index (χ1) is 10.5. The van der Waals surface area contributed by atoms with Crippen LogP contribution in [-0.2, 0) is 19.1 Å². The summed E-state index contributed by atoms with van der Waals surface area (Å²) >= 11 is 3.35. The Morgan fingerprint density at radius 1 is 1.18 bits per heavy atom. The summed E-state index contributed by atoms with van der Waals surface area (Å²) in [5.74, 6) is -1.77. The Labute approximate surface area is 136 Å². The highest BCUT2D eigenvalue weighted by Crippen LogP contribution is 2.39. The second kappa shape index (κ2) is 5.76. The van der Waals surface area contributed by atoms with Gasteiger partial charge in [0.2, 0.25) is 0 Å². The highest BCUT2D eigenvalue weighted by Gasteiger charge is 2.47. The molecule has 1 aliphatic heterocycles. The Morgan fingerprint density at radius 2 is 1.82 bits per heavy atom. The molecule has 1 saturated heterocycles. The van der Waals surface area contributed by atoms with Crippen LogP contribution in [0.2, 0.25) is 0 Å². The maximum absolute atomic E-state index is 12.2. The minimum Gasteiger partial charge on any atom is -0.496 e. The predicted molar refractivity (Wildman–Crippen MR) is 82.1 cm³/mol. The number of rotatable bonds is 2. The number of hydrogen-bond acceptors (Lipinski definition) is 5. The van der Waals surface area contributed by atoms with E-state index in [9.17, 15) is 9.59 Å². The molecule has 1 spiro atoms. The molecule has 116 valence electrons. The van der Waals surface area contributed by atoms with Gasteiger partial charge in [-0.3, -0.25) is 0 Å². The lowest BCUT2D eigenvalue weighted by atomic mass is 10.1. The molecule has 2 fully saturated rings. The minimum absolute atomic E-state index is 0.117. The van der Waals surface area contributed by atoms with Gasteiger partial charge >= 0.3 is 11.9 Å². The van der Waals surface area contributed by atoms with Crippen LogP contribution in [0.3, 0.4) is 0 Å². The molecule has 6 heteroatoms. The molecule has 1 aliphatic carbocycles. The molecule has 0 aromatic heterocycles. The Kier molecular flexibility index (Phi) is 3.95. The van der Waals surface area contributed by atoms with Gasteiger partial charge in [0.05, 0.1) is 7.11 Å². The Balaban J connectivity index is 1.93. The summed E-state index contributed by atoms with van der Waals surface area (Å²) in [6.07, 6.45) is 4.35. The third kappa shape index (κ3) is 2.75. The molecule has 1 saturated carbocycles. The van der Waals surface area contributed by atoms with Crippen LogP contribution in [0.4, 0.5) is 0 Å². The zero-order chi connectivity index (χ0) is 15.7. The summed E-state index contributed by atoms with van der Waals surface area (Å²) in [7, 11) is 1.52. The number of benzene rings is 1. The topological polar surface area (TPSA) is 61.8 Å². The molecule has 0 unspecified atom stereocenters. The summed E-state index contributed by atoms with van der Waals surface area (Å²) in [6.45, 7) is 0. The Hall–Kier alpha value is -1.82. The van der Waals surface area contributed by atoms with Crippen molar-refractivity contribution < 1.29 is 23.8 Å². The largest absolute Gasteiger partial charge is 0.496 e. The second-order valence-corrected chi connectivity index (χ2v) is 6.26. The van der Waals surface area contributed by atoms with Crippen LogP contribution in [0.1, 0.15) is 31.2 Å². The van der Waals surface area contributed by atoms with E-state index < -0.39 is 17.7 Å². The number of carbonyl (C=O) groups is 2. The van der Waals surface area contributed by atoms with E-state index in [4.69, 9.17) is 14.2 Å². The molecule has 0 bridgehead atoms. The number of hydrogen-bond donors (Lipinski definition) is 0. The molecule has 0 amide bonds. The van der Waals surface area contributed by atoms with Gasteiger partial charge in [0.25, 0.3) is 5.79 Å². The minimum atomic E-state index is -1.05. The maximum atomic E-state index is 12.2.